The lowest BCUT2D eigenvalue weighted by molar-refractivity contribution is 0.115. The van der Waals surface area contributed by atoms with Crippen LogP contribution in [0.5, 0.6) is 5.88 Å². The fraction of sp³-hybridized carbons (Fsp3) is 0.348. The molecule has 0 unspecified atom stereocenters. The van der Waals surface area contributed by atoms with E-state index in [1.165, 1.54) is 12.0 Å². The molecule has 9 nitrogen and oxygen atoms in total. The second kappa shape index (κ2) is 7.74. The third kappa shape index (κ3) is 3.30. The largest absolute Gasteiger partial charge is 0.474 e. The molecule has 32 heavy (non-hydrogen) atoms. The van der Waals surface area contributed by atoms with Gasteiger partial charge in [-0.3, -0.25) is 0 Å². The molecule has 4 heterocycles. The maximum absolute atomic E-state index is 6.05. The van der Waals surface area contributed by atoms with E-state index in [1.54, 1.807) is 23.4 Å². The first kappa shape index (κ1) is 19.0. The van der Waals surface area contributed by atoms with Crippen molar-refractivity contribution in [3.8, 4) is 23.0 Å². The van der Waals surface area contributed by atoms with E-state index in [0.717, 1.165) is 42.7 Å². The van der Waals surface area contributed by atoms with Crippen LogP contribution in [0.1, 0.15) is 43.2 Å². The van der Waals surface area contributed by atoms with Gasteiger partial charge in [-0.05, 0) is 62.4 Å². The highest BCUT2D eigenvalue weighted by molar-refractivity contribution is 5.66. The Balaban J connectivity index is 1.29. The van der Waals surface area contributed by atoms with E-state index >= 15 is 0 Å². The van der Waals surface area contributed by atoms with Gasteiger partial charge in [0.15, 0.2) is 0 Å². The standard InChI is InChI=1S/C23H23N7O2/c1-15-7-8-18(30-25-11-12-26-30)20(14-15)29-13-9-19(29)23-27-21(28-32-23)17-6-3-10-24-22(17)31-16-4-2-5-16/h3,6-8,10-12,14,16,19H,2,4-5,9,13H2,1H3/t19-/m0/s1. The first-order valence-corrected chi connectivity index (χ1v) is 11.0. The minimum atomic E-state index is 0.0000316. The Morgan fingerprint density at radius 1 is 1.03 bits per heavy atom. The molecular weight excluding hydrogens is 406 g/mol. The van der Waals surface area contributed by atoms with E-state index in [2.05, 4.69) is 44.3 Å². The highest BCUT2D eigenvalue weighted by Crippen LogP contribution is 2.41. The molecule has 1 aliphatic carbocycles. The number of nitrogens with zero attached hydrogens (tertiary/aromatic N) is 7. The van der Waals surface area contributed by atoms with Gasteiger partial charge in [-0.1, -0.05) is 11.2 Å². The Morgan fingerprint density at radius 3 is 2.66 bits per heavy atom. The van der Waals surface area contributed by atoms with Crippen LogP contribution in [0.4, 0.5) is 5.69 Å². The Morgan fingerprint density at radius 2 is 1.91 bits per heavy atom. The van der Waals surface area contributed by atoms with Gasteiger partial charge < -0.3 is 14.2 Å². The van der Waals surface area contributed by atoms with Crippen LogP contribution in [0.2, 0.25) is 0 Å². The molecule has 1 saturated carbocycles. The van der Waals surface area contributed by atoms with E-state index in [0.29, 0.717) is 17.6 Å². The molecule has 0 N–H and O–H groups in total. The number of aryl methyl sites for hydroxylation is 1. The molecule has 9 heteroatoms. The number of aromatic nitrogens is 6. The van der Waals surface area contributed by atoms with Gasteiger partial charge in [0.25, 0.3) is 0 Å². The van der Waals surface area contributed by atoms with Crippen LogP contribution in [0.3, 0.4) is 0 Å². The Labute approximate surface area is 185 Å². The van der Waals surface area contributed by atoms with Crippen molar-refractivity contribution < 1.29 is 9.26 Å². The lowest BCUT2D eigenvalue weighted by Gasteiger charge is -2.41. The van der Waals surface area contributed by atoms with Crippen LogP contribution in [0.15, 0.2) is 53.4 Å². The molecule has 0 bridgehead atoms. The smallest absolute Gasteiger partial charge is 0.249 e. The van der Waals surface area contributed by atoms with Crippen LogP contribution >= 0.6 is 0 Å². The molecule has 2 fully saturated rings. The van der Waals surface area contributed by atoms with Gasteiger partial charge in [-0.15, -0.1) is 4.80 Å². The maximum Gasteiger partial charge on any atom is 0.249 e. The molecule has 0 radical (unpaired) electrons. The average molecular weight is 429 g/mol. The van der Waals surface area contributed by atoms with Crippen molar-refractivity contribution in [1.82, 2.24) is 30.1 Å². The molecule has 162 valence electrons. The molecule has 1 aliphatic heterocycles. The van der Waals surface area contributed by atoms with Gasteiger partial charge in [-0.2, -0.15) is 15.2 Å². The second-order valence-corrected chi connectivity index (χ2v) is 8.29. The summed E-state index contributed by atoms with van der Waals surface area (Å²) < 4.78 is 11.8. The van der Waals surface area contributed by atoms with Gasteiger partial charge in [-0.25, -0.2) is 4.98 Å². The first-order valence-electron chi connectivity index (χ1n) is 11.0. The fourth-order valence-corrected chi connectivity index (χ4v) is 4.09. The Bertz CT molecular complexity index is 1230. The summed E-state index contributed by atoms with van der Waals surface area (Å²) in [6, 6.07) is 10.0. The van der Waals surface area contributed by atoms with E-state index in [9.17, 15) is 0 Å². The molecule has 1 aromatic carbocycles. The highest BCUT2D eigenvalue weighted by Gasteiger charge is 2.36. The second-order valence-electron chi connectivity index (χ2n) is 8.29. The molecule has 6 rings (SSSR count). The SMILES string of the molecule is Cc1ccc(-n2nccn2)c(N2CC[C@H]2c2nc(-c3cccnc3OC3CCC3)no2)c1. The zero-order chi connectivity index (χ0) is 21.5. The normalized spacial score (nSPS) is 18.3. The minimum Gasteiger partial charge on any atom is -0.474 e. The van der Waals surface area contributed by atoms with Gasteiger partial charge in [0, 0.05) is 12.7 Å². The fourth-order valence-electron chi connectivity index (χ4n) is 4.09. The third-order valence-electron chi connectivity index (χ3n) is 6.16. The van der Waals surface area contributed by atoms with Crippen molar-refractivity contribution in [3.05, 3.63) is 60.4 Å². The Hall–Kier alpha value is -3.75. The van der Waals surface area contributed by atoms with Crippen molar-refractivity contribution in [2.45, 2.75) is 44.8 Å². The summed E-state index contributed by atoms with van der Waals surface area (Å²) in [5.74, 6) is 1.67. The van der Waals surface area contributed by atoms with E-state index in [-0.39, 0.29) is 12.1 Å². The number of hydrogen-bond donors (Lipinski definition) is 0. The van der Waals surface area contributed by atoms with E-state index < -0.39 is 0 Å². The minimum absolute atomic E-state index is 0.0000316. The van der Waals surface area contributed by atoms with Gasteiger partial charge in [0.2, 0.25) is 17.6 Å². The first-order chi connectivity index (χ1) is 15.8. The number of benzene rings is 1. The molecule has 1 saturated heterocycles. The highest BCUT2D eigenvalue weighted by atomic mass is 16.5. The summed E-state index contributed by atoms with van der Waals surface area (Å²) in [5.41, 5.74) is 3.90. The number of rotatable bonds is 6. The van der Waals surface area contributed by atoms with Crippen LogP contribution in [0, 0.1) is 6.92 Å². The monoisotopic (exact) mass is 429 g/mol. The topological polar surface area (TPSA) is 95.0 Å². The number of hydrogen-bond acceptors (Lipinski definition) is 8. The van der Waals surface area contributed by atoms with Crippen LogP contribution in [-0.4, -0.2) is 42.8 Å². The average Bonchev–Trinajstić information content (AvgIpc) is 3.43. The lowest BCUT2D eigenvalue weighted by Crippen LogP contribution is -2.41. The molecule has 0 amide bonds. The van der Waals surface area contributed by atoms with Gasteiger partial charge >= 0.3 is 0 Å². The zero-order valence-electron chi connectivity index (χ0n) is 17.8. The third-order valence-corrected chi connectivity index (χ3v) is 6.16. The summed E-state index contributed by atoms with van der Waals surface area (Å²) in [7, 11) is 0. The molecule has 0 spiro atoms. The lowest BCUT2D eigenvalue weighted by atomic mass is 9.96. The van der Waals surface area contributed by atoms with Crippen LogP contribution < -0.4 is 9.64 Å². The van der Waals surface area contributed by atoms with E-state index in [1.807, 2.05) is 18.2 Å². The number of ether oxygens (including phenoxy) is 1. The zero-order valence-corrected chi connectivity index (χ0v) is 17.8. The molecule has 1 atom stereocenters. The summed E-state index contributed by atoms with van der Waals surface area (Å²) in [5, 5.41) is 12.9. The summed E-state index contributed by atoms with van der Waals surface area (Å²) >= 11 is 0. The Kier molecular flexibility index (Phi) is 4.59. The quantitative estimate of drug-likeness (QED) is 0.455. The van der Waals surface area contributed by atoms with Crippen LogP contribution in [-0.2, 0) is 0 Å². The summed E-state index contributed by atoms with van der Waals surface area (Å²) in [4.78, 5) is 13.0. The predicted octanol–water partition coefficient (Wildman–Crippen LogP) is 3.90. The molecule has 3 aromatic heterocycles. The molecular formula is C23H23N7O2. The van der Waals surface area contributed by atoms with Crippen molar-refractivity contribution in [2.24, 2.45) is 0 Å². The van der Waals surface area contributed by atoms with Crippen LogP contribution in [0.25, 0.3) is 17.1 Å². The summed E-state index contributed by atoms with van der Waals surface area (Å²) in [6.07, 6.45) is 9.58. The van der Waals surface area contributed by atoms with Crippen molar-refractivity contribution in [2.75, 3.05) is 11.4 Å². The molecule has 4 aromatic rings. The predicted molar refractivity (Wildman–Crippen MR) is 117 cm³/mol. The molecule has 2 aliphatic rings. The van der Waals surface area contributed by atoms with Crippen molar-refractivity contribution in [1.29, 1.82) is 0 Å². The van der Waals surface area contributed by atoms with Gasteiger partial charge in [0.1, 0.15) is 17.8 Å². The number of pyridine rings is 1. The number of anilines is 1. The van der Waals surface area contributed by atoms with E-state index in [4.69, 9.17) is 14.2 Å². The maximum atomic E-state index is 6.05. The van der Waals surface area contributed by atoms with Gasteiger partial charge in [0.05, 0.1) is 23.6 Å². The van der Waals surface area contributed by atoms with Crippen molar-refractivity contribution >= 4 is 5.69 Å². The summed E-state index contributed by atoms with van der Waals surface area (Å²) in [6.45, 7) is 2.97. The van der Waals surface area contributed by atoms with Crippen molar-refractivity contribution in [3.63, 3.8) is 0 Å².